The fraction of sp³-hybridized carbons (Fsp3) is 0.562. The molecule has 0 radical (unpaired) electrons. The van der Waals surface area contributed by atoms with Crippen molar-refractivity contribution in [2.75, 3.05) is 0 Å². The van der Waals surface area contributed by atoms with Gasteiger partial charge in [0, 0.05) is 5.54 Å². The Kier molecular flexibility index (Phi) is 3.92. The van der Waals surface area contributed by atoms with Gasteiger partial charge in [-0.15, -0.1) is 0 Å². The molecule has 1 aliphatic rings. The van der Waals surface area contributed by atoms with Gasteiger partial charge in [-0.2, -0.15) is 13.2 Å². The predicted molar refractivity (Wildman–Crippen MR) is 76.5 cm³/mol. The summed E-state index contributed by atoms with van der Waals surface area (Å²) in [6.07, 6.45) is -5.62. The number of carbonyl (C=O) groups is 1. The van der Waals surface area contributed by atoms with Gasteiger partial charge >= 0.3 is 12.3 Å². The van der Waals surface area contributed by atoms with Crippen molar-refractivity contribution in [1.29, 1.82) is 0 Å². The summed E-state index contributed by atoms with van der Waals surface area (Å²) in [6, 6.07) is 3.45. The van der Waals surface area contributed by atoms with Gasteiger partial charge in [0.1, 0.15) is 6.10 Å². The van der Waals surface area contributed by atoms with E-state index in [0.29, 0.717) is 11.1 Å². The van der Waals surface area contributed by atoms with Crippen molar-refractivity contribution in [2.45, 2.75) is 58.5 Å². The fourth-order valence-corrected chi connectivity index (χ4v) is 2.94. The number of halogens is 3. The summed E-state index contributed by atoms with van der Waals surface area (Å²) >= 11 is 0. The minimum Gasteiger partial charge on any atom is -0.439 e. The lowest BCUT2D eigenvalue weighted by molar-refractivity contribution is -0.137. The van der Waals surface area contributed by atoms with Crippen LogP contribution in [0, 0.1) is 6.92 Å². The SMILES string of the molecule is Cc1cc([C@H]2OC(=O)N(C(C)(C)C)[C@@H]2C)cc(C(F)(F)F)c1. The molecule has 0 spiro atoms. The van der Waals surface area contributed by atoms with Gasteiger partial charge < -0.3 is 4.74 Å². The Morgan fingerprint density at radius 2 is 1.73 bits per heavy atom. The number of carbonyl (C=O) groups excluding carboxylic acids is 1. The number of benzene rings is 1. The molecule has 0 aliphatic carbocycles. The van der Waals surface area contributed by atoms with Crippen LogP contribution in [0.5, 0.6) is 0 Å². The Morgan fingerprint density at radius 3 is 2.18 bits per heavy atom. The van der Waals surface area contributed by atoms with Gasteiger partial charge in [-0.3, -0.25) is 4.90 Å². The molecule has 1 saturated heterocycles. The third-order valence-corrected chi connectivity index (χ3v) is 3.75. The highest BCUT2D eigenvalue weighted by Crippen LogP contribution is 2.39. The lowest BCUT2D eigenvalue weighted by Gasteiger charge is -2.33. The molecule has 0 saturated carbocycles. The average Bonchev–Trinajstić information content (AvgIpc) is 2.62. The minimum atomic E-state index is -4.42. The molecule has 0 aromatic heterocycles. The first-order valence-corrected chi connectivity index (χ1v) is 7.10. The Balaban J connectivity index is 2.41. The van der Waals surface area contributed by atoms with Crippen LogP contribution in [-0.4, -0.2) is 22.6 Å². The third kappa shape index (κ3) is 3.05. The van der Waals surface area contributed by atoms with Gasteiger partial charge in [0.05, 0.1) is 11.6 Å². The van der Waals surface area contributed by atoms with E-state index in [0.717, 1.165) is 12.1 Å². The monoisotopic (exact) mass is 315 g/mol. The quantitative estimate of drug-likeness (QED) is 0.752. The summed E-state index contributed by atoms with van der Waals surface area (Å²) in [7, 11) is 0. The molecule has 1 aromatic carbocycles. The van der Waals surface area contributed by atoms with Crippen LogP contribution in [0.25, 0.3) is 0 Å². The zero-order chi connectivity index (χ0) is 16.9. The van der Waals surface area contributed by atoms with Crippen LogP contribution >= 0.6 is 0 Å². The predicted octanol–water partition coefficient (Wildman–Crippen LogP) is 4.69. The molecule has 22 heavy (non-hydrogen) atoms. The largest absolute Gasteiger partial charge is 0.439 e. The van der Waals surface area contributed by atoms with Crippen molar-refractivity contribution in [2.24, 2.45) is 0 Å². The number of alkyl halides is 3. The number of nitrogens with zero attached hydrogens (tertiary/aromatic N) is 1. The van der Waals surface area contributed by atoms with E-state index in [2.05, 4.69) is 0 Å². The lowest BCUT2D eigenvalue weighted by atomic mass is 9.96. The van der Waals surface area contributed by atoms with Crippen LogP contribution in [-0.2, 0) is 10.9 Å². The summed E-state index contributed by atoms with van der Waals surface area (Å²) in [6.45, 7) is 8.98. The van der Waals surface area contributed by atoms with Crippen molar-refractivity contribution in [3.63, 3.8) is 0 Å². The molecule has 2 rings (SSSR count). The minimum absolute atomic E-state index is 0.338. The summed E-state index contributed by atoms with van der Waals surface area (Å²) in [5.41, 5.74) is -0.316. The standard InChI is InChI=1S/C16H20F3NO2/c1-9-6-11(8-12(7-9)16(17,18)19)13-10(2)20(14(21)22-13)15(3,4)5/h6-8,10,13H,1-5H3/t10-,13+/m1/s1. The van der Waals surface area contributed by atoms with Crippen molar-refractivity contribution in [1.82, 2.24) is 4.90 Å². The van der Waals surface area contributed by atoms with E-state index in [9.17, 15) is 18.0 Å². The van der Waals surface area contributed by atoms with Crippen LogP contribution in [0.1, 0.15) is 50.5 Å². The molecule has 0 N–H and O–H groups in total. The van der Waals surface area contributed by atoms with Crippen LogP contribution in [0.4, 0.5) is 18.0 Å². The Labute approximate surface area is 128 Å². The second kappa shape index (κ2) is 5.18. The second-order valence-electron chi connectivity index (χ2n) is 6.72. The van der Waals surface area contributed by atoms with Crippen LogP contribution < -0.4 is 0 Å². The first-order chi connectivity index (χ1) is 9.91. The number of rotatable bonds is 1. The first kappa shape index (κ1) is 16.6. The fourth-order valence-electron chi connectivity index (χ4n) is 2.94. The number of cyclic esters (lactones) is 1. The summed E-state index contributed by atoms with van der Waals surface area (Å²) in [5.74, 6) is 0. The summed E-state index contributed by atoms with van der Waals surface area (Å²) < 4.78 is 44.2. The van der Waals surface area contributed by atoms with Crippen molar-refractivity contribution in [3.8, 4) is 0 Å². The zero-order valence-corrected chi connectivity index (χ0v) is 13.3. The van der Waals surface area contributed by atoms with E-state index in [-0.39, 0.29) is 6.04 Å². The van der Waals surface area contributed by atoms with Gasteiger partial charge in [0.15, 0.2) is 0 Å². The maximum Gasteiger partial charge on any atom is 0.416 e. The van der Waals surface area contributed by atoms with Gasteiger partial charge in [-0.1, -0.05) is 11.6 Å². The van der Waals surface area contributed by atoms with E-state index in [1.54, 1.807) is 24.8 Å². The van der Waals surface area contributed by atoms with Gasteiger partial charge in [-0.05, 0) is 52.3 Å². The molecular weight excluding hydrogens is 295 g/mol. The molecule has 1 fully saturated rings. The van der Waals surface area contributed by atoms with Gasteiger partial charge in [0.2, 0.25) is 0 Å². The number of amides is 1. The maximum atomic E-state index is 13.0. The van der Waals surface area contributed by atoms with E-state index < -0.39 is 29.5 Å². The topological polar surface area (TPSA) is 29.5 Å². The number of hydrogen-bond acceptors (Lipinski definition) is 2. The Hall–Kier alpha value is -1.72. The van der Waals surface area contributed by atoms with Crippen molar-refractivity contribution < 1.29 is 22.7 Å². The smallest absolute Gasteiger partial charge is 0.416 e. The van der Waals surface area contributed by atoms with Crippen LogP contribution in [0.3, 0.4) is 0 Å². The molecule has 1 amide bonds. The van der Waals surface area contributed by atoms with E-state index >= 15 is 0 Å². The van der Waals surface area contributed by atoms with E-state index in [1.807, 2.05) is 20.8 Å². The lowest BCUT2D eigenvalue weighted by Crippen LogP contribution is -2.46. The molecule has 1 heterocycles. The van der Waals surface area contributed by atoms with Crippen molar-refractivity contribution in [3.05, 3.63) is 34.9 Å². The molecule has 0 bridgehead atoms. The number of aryl methyl sites for hydroxylation is 1. The van der Waals surface area contributed by atoms with Gasteiger partial charge in [0.25, 0.3) is 0 Å². The summed E-state index contributed by atoms with van der Waals surface area (Å²) in [4.78, 5) is 13.6. The molecule has 122 valence electrons. The average molecular weight is 315 g/mol. The highest BCUT2D eigenvalue weighted by Gasteiger charge is 2.45. The van der Waals surface area contributed by atoms with E-state index in [4.69, 9.17) is 4.74 Å². The normalized spacial score (nSPS) is 22.9. The maximum absolute atomic E-state index is 13.0. The van der Waals surface area contributed by atoms with Gasteiger partial charge in [-0.25, -0.2) is 4.79 Å². The molecule has 1 aromatic rings. The van der Waals surface area contributed by atoms with Crippen LogP contribution in [0.2, 0.25) is 0 Å². The van der Waals surface area contributed by atoms with E-state index in [1.165, 1.54) is 0 Å². The highest BCUT2D eigenvalue weighted by atomic mass is 19.4. The first-order valence-electron chi connectivity index (χ1n) is 7.10. The van der Waals surface area contributed by atoms with Crippen LogP contribution in [0.15, 0.2) is 18.2 Å². The number of ether oxygens (including phenoxy) is 1. The molecule has 1 aliphatic heterocycles. The molecule has 3 nitrogen and oxygen atoms in total. The molecule has 0 unspecified atom stereocenters. The molecular formula is C16H20F3NO2. The van der Waals surface area contributed by atoms with Crippen molar-refractivity contribution >= 4 is 6.09 Å². The molecule has 2 atom stereocenters. The molecule has 6 heteroatoms. The summed E-state index contributed by atoms with van der Waals surface area (Å²) in [5, 5.41) is 0. The third-order valence-electron chi connectivity index (χ3n) is 3.75. The highest BCUT2D eigenvalue weighted by molar-refractivity contribution is 5.72. The Bertz CT molecular complexity index is 590. The second-order valence-corrected chi connectivity index (χ2v) is 6.72. The number of hydrogen-bond donors (Lipinski definition) is 0. The Morgan fingerprint density at radius 1 is 1.14 bits per heavy atom. The zero-order valence-electron chi connectivity index (χ0n) is 13.3.